The van der Waals surface area contributed by atoms with Crippen molar-refractivity contribution < 1.29 is 4.58 Å². The van der Waals surface area contributed by atoms with Crippen molar-refractivity contribution in [2.24, 2.45) is 11.8 Å². The number of likely N-dealkylation sites (N-methyl/N-ethyl adjacent to an activating group) is 1. The second-order valence-corrected chi connectivity index (χ2v) is 13.8. The number of fused-ring (bicyclic) bond motifs is 4. The number of allylic oxidation sites excluding steroid dienone is 10. The molecule has 0 radical (unpaired) electrons. The van der Waals surface area contributed by atoms with Gasteiger partial charge < -0.3 is 4.90 Å². The summed E-state index contributed by atoms with van der Waals surface area (Å²) in [5, 5.41) is 0. The first kappa shape index (κ1) is 25.6. The third-order valence-corrected chi connectivity index (χ3v) is 10.6. The molecule has 0 aromatic heterocycles. The molecule has 2 aliphatic heterocycles. The van der Waals surface area contributed by atoms with Gasteiger partial charge in [-0.1, -0.05) is 68.5 Å². The molecule has 7 rings (SSSR count). The summed E-state index contributed by atoms with van der Waals surface area (Å²) in [6.45, 7) is 9.49. The minimum Gasteiger partial charge on any atom is -0.347 e. The molecule has 0 N–H and O–H groups in total. The van der Waals surface area contributed by atoms with Gasteiger partial charge in [-0.05, 0) is 97.8 Å². The number of rotatable bonds is 2. The predicted molar refractivity (Wildman–Crippen MR) is 169 cm³/mol. The second-order valence-electron chi connectivity index (χ2n) is 13.8. The molecule has 2 heteroatoms. The molecule has 0 spiro atoms. The Morgan fingerprint density at radius 2 is 1.45 bits per heavy atom. The maximum Gasteiger partial charge on any atom is 0.209 e. The molecule has 2 unspecified atom stereocenters. The van der Waals surface area contributed by atoms with Crippen molar-refractivity contribution in [2.45, 2.75) is 70.6 Å². The van der Waals surface area contributed by atoms with Crippen LogP contribution in [-0.2, 0) is 10.8 Å². The molecule has 2 atom stereocenters. The lowest BCUT2D eigenvalue weighted by atomic mass is 9.69. The SMILES string of the molecule is CN1C(=CC2=CC3=CC4=CC(=CC5=[N+](C)c6ccccc6C5(C)C)CCC4CC3CC2)C(C)(C)c2ccccc21. The van der Waals surface area contributed by atoms with E-state index in [1.54, 1.807) is 11.1 Å². The number of hydrogen-bond donors (Lipinski definition) is 0. The molecule has 5 aliphatic rings. The zero-order valence-corrected chi connectivity index (χ0v) is 25.1. The number of para-hydroxylation sites is 2. The van der Waals surface area contributed by atoms with Crippen molar-refractivity contribution in [3.8, 4) is 0 Å². The van der Waals surface area contributed by atoms with Crippen LogP contribution in [0.2, 0.25) is 0 Å². The van der Waals surface area contributed by atoms with Crippen LogP contribution in [0.25, 0.3) is 0 Å². The van der Waals surface area contributed by atoms with E-state index < -0.39 is 0 Å². The Labute approximate surface area is 240 Å². The fourth-order valence-corrected chi connectivity index (χ4v) is 8.28. The molecule has 0 bridgehead atoms. The van der Waals surface area contributed by atoms with Crippen molar-refractivity contribution >= 4 is 17.1 Å². The van der Waals surface area contributed by atoms with E-state index in [-0.39, 0.29) is 10.8 Å². The molecule has 2 nitrogen and oxygen atoms in total. The van der Waals surface area contributed by atoms with E-state index in [0.717, 1.165) is 0 Å². The van der Waals surface area contributed by atoms with Crippen LogP contribution >= 0.6 is 0 Å². The predicted octanol–water partition coefficient (Wildman–Crippen LogP) is 8.93. The van der Waals surface area contributed by atoms with Gasteiger partial charge in [0.25, 0.3) is 0 Å². The van der Waals surface area contributed by atoms with Crippen molar-refractivity contribution in [2.75, 3.05) is 19.0 Å². The monoisotopic (exact) mass is 527 g/mol. The van der Waals surface area contributed by atoms with Crippen LogP contribution in [0.1, 0.15) is 70.9 Å². The van der Waals surface area contributed by atoms with Gasteiger partial charge in [-0.15, -0.1) is 0 Å². The zero-order chi connectivity index (χ0) is 27.8. The van der Waals surface area contributed by atoms with Crippen molar-refractivity contribution in [1.82, 2.24) is 0 Å². The molecule has 0 fully saturated rings. The summed E-state index contributed by atoms with van der Waals surface area (Å²) in [4.78, 5) is 2.41. The smallest absolute Gasteiger partial charge is 0.209 e. The summed E-state index contributed by atoms with van der Waals surface area (Å²) >= 11 is 0. The highest BCUT2D eigenvalue weighted by Crippen LogP contribution is 2.49. The van der Waals surface area contributed by atoms with Gasteiger partial charge in [-0.3, -0.25) is 0 Å². The first-order chi connectivity index (χ1) is 19.1. The summed E-state index contributed by atoms with van der Waals surface area (Å²) in [5.74, 6) is 1.43. The van der Waals surface area contributed by atoms with Crippen LogP contribution in [-0.4, -0.2) is 24.4 Å². The molecule has 0 saturated carbocycles. The maximum atomic E-state index is 2.56. The Kier molecular flexibility index (Phi) is 5.79. The van der Waals surface area contributed by atoms with Crippen molar-refractivity contribution in [1.29, 1.82) is 0 Å². The number of benzene rings is 2. The van der Waals surface area contributed by atoms with Crippen LogP contribution in [0.3, 0.4) is 0 Å². The Hall–Kier alpha value is -3.39. The Morgan fingerprint density at radius 1 is 0.775 bits per heavy atom. The topological polar surface area (TPSA) is 6.25 Å². The third kappa shape index (κ3) is 3.86. The van der Waals surface area contributed by atoms with Crippen LogP contribution in [0.5, 0.6) is 0 Å². The zero-order valence-electron chi connectivity index (χ0n) is 25.1. The fraction of sp³-hybridized carbons (Fsp3) is 0.395. The van der Waals surface area contributed by atoms with Crippen molar-refractivity contribution in [3.05, 3.63) is 118 Å². The first-order valence-electron chi connectivity index (χ1n) is 15.2. The largest absolute Gasteiger partial charge is 0.347 e. The van der Waals surface area contributed by atoms with E-state index in [2.05, 4.69) is 130 Å². The molecule has 204 valence electrons. The fourth-order valence-electron chi connectivity index (χ4n) is 8.28. The summed E-state index contributed by atoms with van der Waals surface area (Å²) in [6, 6.07) is 17.8. The first-order valence-corrected chi connectivity index (χ1v) is 15.2. The quantitative estimate of drug-likeness (QED) is 0.353. The highest BCUT2D eigenvalue weighted by molar-refractivity contribution is 6.03. The van der Waals surface area contributed by atoms with Gasteiger partial charge in [0, 0.05) is 41.6 Å². The highest BCUT2D eigenvalue weighted by atomic mass is 15.2. The van der Waals surface area contributed by atoms with Gasteiger partial charge in [0.1, 0.15) is 7.05 Å². The number of anilines is 1. The summed E-state index contributed by atoms with van der Waals surface area (Å²) in [5.41, 5.74) is 14.5. The van der Waals surface area contributed by atoms with E-state index in [0.29, 0.717) is 11.8 Å². The van der Waals surface area contributed by atoms with Gasteiger partial charge >= 0.3 is 0 Å². The van der Waals surface area contributed by atoms with Gasteiger partial charge in [0.2, 0.25) is 5.69 Å². The van der Waals surface area contributed by atoms with Crippen molar-refractivity contribution in [3.63, 3.8) is 0 Å². The summed E-state index contributed by atoms with van der Waals surface area (Å²) < 4.78 is 2.41. The van der Waals surface area contributed by atoms with Gasteiger partial charge in [-0.2, -0.15) is 4.58 Å². The summed E-state index contributed by atoms with van der Waals surface area (Å²) in [6.07, 6.45) is 18.9. The minimum atomic E-state index is 0.0270. The number of nitrogens with zero attached hydrogens (tertiary/aromatic N) is 2. The standard InChI is InChI=1S/C38H43N2/c1-37(2)31-11-7-9-13-33(31)39(5)35(37)21-25-15-17-27-23-28-18-16-26(20-30(28)24-29(27)19-25)22-36-38(3,4)32-12-8-10-14-34(32)40(36)6/h7-14,19-22,24,27-28H,15-18,23H2,1-6H3/q+1. The minimum absolute atomic E-state index is 0.0270. The normalized spacial score (nSPS) is 28.1. The lowest BCUT2D eigenvalue weighted by Crippen LogP contribution is -2.27. The molecular weight excluding hydrogens is 484 g/mol. The molecule has 0 amide bonds. The van der Waals surface area contributed by atoms with Crippen LogP contribution in [0, 0.1) is 11.8 Å². The van der Waals surface area contributed by atoms with Crippen LogP contribution in [0.15, 0.2) is 107 Å². The molecule has 2 heterocycles. The second kappa shape index (κ2) is 9.06. The van der Waals surface area contributed by atoms with Gasteiger partial charge in [0.15, 0.2) is 5.71 Å². The van der Waals surface area contributed by atoms with Gasteiger partial charge in [-0.25, -0.2) is 0 Å². The lowest BCUT2D eigenvalue weighted by Gasteiger charge is -2.36. The van der Waals surface area contributed by atoms with E-state index in [1.165, 1.54) is 77.2 Å². The maximum absolute atomic E-state index is 2.56. The van der Waals surface area contributed by atoms with Crippen LogP contribution < -0.4 is 4.90 Å². The van der Waals surface area contributed by atoms with E-state index >= 15 is 0 Å². The molecule has 0 saturated heterocycles. The summed E-state index contributed by atoms with van der Waals surface area (Å²) in [7, 11) is 4.47. The molecular formula is C38H43N2+. The van der Waals surface area contributed by atoms with E-state index in [9.17, 15) is 0 Å². The Balaban J connectivity index is 1.21. The molecule has 40 heavy (non-hydrogen) atoms. The highest BCUT2D eigenvalue weighted by Gasteiger charge is 2.43. The average Bonchev–Trinajstić information content (AvgIpc) is 3.26. The lowest BCUT2D eigenvalue weighted by molar-refractivity contribution is -0.401. The average molecular weight is 528 g/mol. The molecule has 3 aliphatic carbocycles. The molecule has 2 aromatic carbocycles. The van der Waals surface area contributed by atoms with E-state index in [1.807, 2.05) is 0 Å². The molecule has 2 aromatic rings. The Bertz CT molecular complexity index is 1600. The number of hydrogen-bond acceptors (Lipinski definition) is 1. The Morgan fingerprint density at radius 3 is 2.20 bits per heavy atom. The van der Waals surface area contributed by atoms with Crippen LogP contribution in [0.4, 0.5) is 11.4 Å². The van der Waals surface area contributed by atoms with E-state index in [4.69, 9.17) is 0 Å². The van der Waals surface area contributed by atoms with Gasteiger partial charge in [0.05, 0.1) is 5.41 Å². The third-order valence-electron chi connectivity index (χ3n) is 10.6.